The standard InChI is InChI=1S/C15H15ClN2O3S/c1-10-6-14(12-4-2-3-5-13(12)17-10)18-8-11(7-15(18)19)9-22(16,20)21/h2-6,11H,7-9H2,1H3. The van der Waals surface area contributed by atoms with E-state index in [1.807, 2.05) is 37.3 Å². The van der Waals surface area contributed by atoms with E-state index in [1.54, 1.807) is 4.90 Å². The van der Waals surface area contributed by atoms with Crippen molar-refractivity contribution in [2.45, 2.75) is 13.3 Å². The van der Waals surface area contributed by atoms with Crippen molar-refractivity contribution in [3.8, 4) is 0 Å². The highest BCUT2D eigenvalue weighted by molar-refractivity contribution is 8.13. The number of anilines is 1. The number of hydrogen-bond acceptors (Lipinski definition) is 4. The van der Waals surface area contributed by atoms with E-state index >= 15 is 0 Å². The first-order chi connectivity index (χ1) is 10.3. The number of para-hydroxylation sites is 1. The van der Waals surface area contributed by atoms with Crippen LogP contribution in [0.3, 0.4) is 0 Å². The van der Waals surface area contributed by atoms with Crippen LogP contribution in [0.4, 0.5) is 5.69 Å². The van der Waals surface area contributed by atoms with Crippen molar-refractivity contribution in [1.82, 2.24) is 4.98 Å². The van der Waals surface area contributed by atoms with E-state index in [2.05, 4.69) is 4.98 Å². The lowest BCUT2D eigenvalue weighted by atomic mass is 10.1. The second-order valence-electron chi connectivity index (χ2n) is 5.58. The van der Waals surface area contributed by atoms with Gasteiger partial charge in [0.15, 0.2) is 0 Å². The van der Waals surface area contributed by atoms with E-state index in [4.69, 9.17) is 10.7 Å². The Morgan fingerprint density at radius 1 is 1.36 bits per heavy atom. The Hall–Kier alpha value is -1.66. The highest BCUT2D eigenvalue weighted by Gasteiger charge is 2.34. The van der Waals surface area contributed by atoms with E-state index in [1.165, 1.54) is 0 Å². The summed E-state index contributed by atoms with van der Waals surface area (Å²) < 4.78 is 22.5. The van der Waals surface area contributed by atoms with Gasteiger partial charge in [-0.3, -0.25) is 9.78 Å². The van der Waals surface area contributed by atoms with E-state index in [0.717, 1.165) is 22.3 Å². The zero-order valence-electron chi connectivity index (χ0n) is 12.0. The lowest BCUT2D eigenvalue weighted by Gasteiger charge is -2.19. The third-order valence-corrected chi connectivity index (χ3v) is 5.00. The Labute approximate surface area is 133 Å². The molecule has 1 unspecified atom stereocenters. The normalized spacial score (nSPS) is 19.1. The molecule has 116 valence electrons. The summed E-state index contributed by atoms with van der Waals surface area (Å²) in [5.41, 5.74) is 2.41. The summed E-state index contributed by atoms with van der Waals surface area (Å²) in [6, 6.07) is 9.46. The molecule has 0 saturated carbocycles. The number of nitrogens with zero attached hydrogens (tertiary/aromatic N) is 2. The fraction of sp³-hybridized carbons (Fsp3) is 0.333. The molecule has 2 heterocycles. The predicted octanol–water partition coefficient (Wildman–Crippen LogP) is 2.46. The number of amides is 1. The molecule has 2 aromatic rings. The van der Waals surface area contributed by atoms with Crippen LogP contribution in [0.15, 0.2) is 30.3 Å². The minimum atomic E-state index is -3.61. The van der Waals surface area contributed by atoms with Gasteiger partial charge in [-0.2, -0.15) is 0 Å². The quantitative estimate of drug-likeness (QED) is 0.806. The molecule has 0 bridgehead atoms. The highest BCUT2D eigenvalue weighted by Crippen LogP contribution is 2.32. The van der Waals surface area contributed by atoms with Gasteiger partial charge in [-0.05, 0) is 19.1 Å². The summed E-state index contributed by atoms with van der Waals surface area (Å²) in [6.07, 6.45) is 0.196. The maximum atomic E-state index is 12.3. The molecule has 22 heavy (non-hydrogen) atoms. The number of hydrogen-bond donors (Lipinski definition) is 0. The van der Waals surface area contributed by atoms with Gasteiger partial charge in [-0.25, -0.2) is 8.42 Å². The lowest BCUT2D eigenvalue weighted by Crippen LogP contribution is -2.25. The largest absolute Gasteiger partial charge is 0.311 e. The molecule has 1 saturated heterocycles. The van der Waals surface area contributed by atoms with Crippen LogP contribution >= 0.6 is 10.7 Å². The van der Waals surface area contributed by atoms with Gasteiger partial charge in [-0.1, -0.05) is 18.2 Å². The molecule has 1 aliphatic rings. The number of carbonyl (C=O) groups excluding carboxylic acids is 1. The van der Waals surface area contributed by atoms with Crippen molar-refractivity contribution in [2.24, 2.45) is 5.92 Å². The van der Waals surface area contributed by atoms with Gasteiger partial charge in [0.2, 0.25) is 15.0 Å². The first kappa shape index (κ1) is 15.2. The summed E-state index contributed by atoms with van der Waals surface area (Å²) >= 11 is 0. The van der Waals surface area contributed by atoms with E-state index in [9.17, 15) is 13.2 Å². The van der Waals surface area contributed by atoms with Crippen molar-refractivity contribution >= 4 is 42.2 Å². The number of rotatable bonds is 3. The SMILES string of the molecule is Cc1cc(N2CC(CS(=O)(=O)Cl)CC2=O)c2ccccc2n1. The minimum absolute atomic E-state index is 0.0823. The molecule has 1 atom stereocenters. The first-order valence-corrected chi connectivity index (χ1v) is 9.40. The second kappa shape index (κ2) is 5.52. The topological polar surface area (TPSA) is 67.3 Å². The molecular weight excluding hydrogens is 324 g/mol. The molecule has 0 radical (unpaired) electrons. The monoisotopic (exact) mass is 338 g/mol. The summed E-state index contributed by atoms with van der Waals surface area (Å²) in [4.78, 5) is 18.4. The number of pyridine rings is 1. The number of aromatic nitrogens is 1. The second-order valence-corrected chi connectivity index (χ2v) is 8.40. The maximum absolute atomic E-state index is 12.3. The van der Waals surface area contributed by atoms with Crippen molar-refractivity contribution in [3.63, 3.8) is 0 Å². The molecular formula is C15H15ClN2O3S. The van der Waals surface area contributed by atoms with Gasteiger partial charge >= 0.3 is 0 Å². The molecule has 0 N–H and O–H groups in total. The van der Waals surface area contributed by atoms with E-state index in [0.29, 0.717) is 6.54 Å². The van der Waals surface area contributed by atoms with Crippen LogP contribution in [0.1, 0.15) is 12.1 Å². The Morgan fingerprint density at radius 2 is 2.09 bits per heavy atom. The third-order valence-electron chi connectivity index (χ3n) is 3.75. The Kier molecular flexibility index (Phi) is 3.82. The fourth-order valence-electron chi connectivity index (χ4n) is 2.92. The fourth-order valence-corrected chi connectivity index (χ4v) is 4.24. The highest BCUT2D eigenvalue weighted by atomic mass is 35.7. The number of benzene rings is 1. The molecule has 0 spiro atoms. The summed E-state index contributed by atoms with van der Waals surface area (Å²) in [5.74, 6) is -0.540. The molecule has 1 aromatic heterocycles. The van der Waals surface area contributed by atoms with E-state index in [-0.39, 0.29) is 24.0 Å². The van der Waals surface area contributed by atoms with Crippen LogP contribution < -0.4 is 4.90 Å². The maximum Gasteiger partial charge on any atom is 0.232 e. The molecule has 1 aliphatic heterocycles. The minimum Gasteiger partial charge on any atom is -0.311 e. The van der Waals surface area contributed by atoms with Gasteiger partial charge < -0.3 is 4.90 Å². The van der Waals surface area contributed by atoms with Gasteiger partial charge in [-0.15, -0.1) is 0 Å². The van der Waals surface area contributed by atoms with Gasteiger partial charge in [0.25, 0.3) is 0 Å². The first-order valence-electron chi connectivity index (χ1n) is 6.92. The van der Waals surface area contributed by atoms with Crippen LogP contribution in [0.2, 0.25) is 0 Å². The van der Waals surface area contributed by atoms with Crippen LogP contribution in [0, 0.1) is 12.8 Å². The number of aryl methyl sites for hydroxylation is 1. The average Bonchev–Trinajstić information content (AvgIpc) is 2.76. The zero-order chi connectivity index (χ0) is 15.9. The van der Waals surface area contributed by atoms with Crippen molar-refractivity contribution in [2.75, 3.05) is 17.2 Å². The molecule has 3 rings (SSSR count). The van der Waals surface area contributed by atoms with E-state index < -0.39 is 9.05 Å². The summed E-state index contributed by atoms with van der Waals surface area (Å²) in [7, 11) is 1.70. The molecule has 5 nitrogen and oxygen atoms in total. The Balaban J connectivity index is 1.99. The number of halogens is 1. The van der Waals surface area contributed by atoms with Gasteiger partial charge in [0.05, 0.1) is 17.0 Å². The van der Waals surface area contributed by atoms with Gasteiger partial charge in [0, 0.05) is 40.6 Å². The van der Waals surface area contributed by atoms with Gasteiger partial charge in [0.1, 0.15) is 0 Å². The van der Waals surface area contributed by atoms with Crippen molar-refractivity contribution in [1.29, 1.82) is 0 Å². The molecule has 0 aliphatic carbocycles. The Morgan fingerprint density at radius 3 is 2.82 bits per heavy atom. The van der Waals surface area contributed by atoms with Crippen LogP contribution in [0.25, 0.3) is 10.9 Å². The molecule has 7 heteroatoms. The molecule has 1 aromatic carbocycles. The number of fused-ring (bicyclic) bond motifs is 1. The van der Waals surface area contributed by atoms with Crippen molar-refractivity contribution in [3.05, 3.63) is 36.0 Å². The summed E-state index contributed by atoms with van der Waals surface area (Å²) in [6.45, 7) is 2.23. The molecule has 1 fully saturated rings. The lowest BCUT2D eigenvalue weighted by molar-refractivity contribution is -0.117. The average molecular weight is 339 g/mol. The van der Waals surface area contributed by atoms with Crippen LogP contribution in [-0.2, 0) is 13.8 Å². The van der Waals surface area contributed by atoms with Crippen LogP contribution in [0.5, 0.6) is 0 Å². The third kappa shape index (κ3) is 3.08. The Bertz CT molecular complexity index is 851. The number of carbonyl (C=O) groups is 1. The predicted molar refractivity (Wildman–Crippen MR) is 86.6 cm³/mol. The van der Waals surface area contributed by atoms with Crippen LogP contribution in [-0.4, -0.2) is 31.6 Å². The van der Waals surface area contributed by atoms with Crippen molar-refractivity contribution < 1.29 is 13.2 Å². The summed E-state index contributed by atoms with van der Waals surface area (Å²) in [5, 5.41) is 0.885. The zero-order valence-corrected chi connectivity index (χ0v) is 13.6. The molecule has 1 amide bonds. The smallest absolute Gasteiger partial charge is 0.232 e.